The largest absolute Gasteiger partial charge is 0.433 e. The molecule has 2 aromatic rings. The molecule has 2 rings (SSSR count). The van der Waals surface area contributed by atoms with E-state index in [9.17, 15) is 13.2 Å². The minimum absolute atomic E-state index is 0.00463. The average Bonchev–Trinajstić information content (AvgIpc) is 2.89. The summed E-state index contributed by atoms with van der Waals surface area (Å²) in [6.45, 7) is 11.4. The van der Waals surface area contributed by atoms with Crippen LogP contribution < -0.4 is 5.76 Å². The first kappa shape index (κ1) is 14.1. The van der Waals surface area contributed by atoms with Crippen molar-refractivity contribution in [2.45, 2.75) is 32.1 Å². The van der Waals surface area contributed by atoms with Crippen LogP contribution in [0, 0.1) is 20.4 Å². The standard InChI is InChI=1S/C11H11N3O5S/c1-5-8-10(12-4)18-11(15)14(8)20(16,17)9-6(2)13-19-7(9)3/h5H2,1-3H3. The maximum atomic E-state index is 12.6. The molecule has 2 aromatic heterocycles. The summed E-state index contributed by atoms with van der Waals surface area (Å²) in [7, 11) is -4.21. The van der Waals surface area contributed by atoms with E-state index in [1.807, 2.05) is 0 Å². The lowest BCUT2D eigenvalue weighted by atomic mass is 10.3. The van der Waals surface area contributed by atoms with Crippen molar-refractivity contribution < 1.29 is 17.4 Å². The highest BCUT2D eigenvalue weighted by atomic mass is 32.2. The molecular weight excluding hydrogens is 286 g/mol. The summed E-state index contributed by atoms with van der Waals surface area (Å²) in [5.74, 6) is -1.37. The Balaban J connectivity index is 2.85. The van der Waals surface area contributed by atoms with Gasteiger partial charge in [0.1, 0.15) is 5.69 Å². The molecule has 0 spiro atoms. The smallest absolute Gasteiger partial charge is 0.419 e. The van der Waals surface area contributed by atoms with E-state index in [0.717, 1.165) is 0 Å². The van der Waals surface area contributed by atoms with Gasteiger partial charge in [-0.05, 0) is 20.3 Å². The van der Waals surface area contributed by atoms with Gasteiger partial charge in [-0.15, -0.1) is 0 Å². The zero-order valence-corrected chi connectivity index (χ0v) is 11.8. The monoisotopic (exact) mass is 297 g/mol. The van der Waals surface area contributed by atoms with Crippen molar-refractivity contribution in [1.82, 2.24) is 9.13 Å². The second kappa shape index (κ2) is 4.64. The minimum Gasteiger partial charge on any atom is -0.433 e. The van der Waals surface area contributed by atoms with Gasteiger partial charge in [0.15, 0.2) is 10.7 Å². The molecule has 20 heavy (non-hydrogen) atoms. The maximum Gasteiger partial charge on any atom is 0.419 e. The number of aromatic nitrogens is 2. The third kappa shape index (κ3) is 1.85. The lowest BCUT2D eigenvalue weighted by molar-refractivity contribution is 0.390. The summed E-state index contributed by atoms with van der Waals surface area (Å²) in [6.07, 6.45) is 0.159. The van der Waals surface area contributed by atoms with Crippen molar-refractivity contribution in [3.05, 3.63) is 39.1 Å². The molecule has 0 N–H and O–H groups in total. The summed E-state index contributed by atoms with van der Waals surface area (Å²) in [5.41, 5.74) is 0.145. The molecule has 0 aliphatic carbocycles. The van der Waals surface area contributed by atoms with Gasteiger partial charge in [0.05, 0.1) is 12.3 Å². The van der Waals surface area contributed by atoms with Gasteiger partial charge in [0.25, 0.3) is 10.0 Å². The van der Waals surface area contributed by atoms with Gasteiger partial charge < -0.3 is 8.94 Å². The topological polar surface area (TPSA) is 99.7 Å². The summed E-state index contributed by atoms with van der Waals surface area (Å²) in [4.78, 5) is 14.6. The Bertz CT molecular complexity index is 843. The average molecular weight is 297 g/mol. The first-order valence-electron chi connectivity index (χ1n) is 5.65. The van der Waals surface area contributed by atoms with Crippen LogP contribution in [0.5, 0.6) is 0 Å². The van der Waals surface area contributed by atoms with Gasteiger partial charge in [-0.2, -0.15) is 8.82 Å². The Morgan fingerprint density at radius 3 is 2.50 bits per heavy atom. The van der Waals surface area contributed by atoms with Crippen LogP contribution in [-0.4, -0.2) is 17.5 Å². The molecule has 0 aliphatic heterocycles. The fourth-order valence-corrected chi connectivity index (χ4v) is 3.66. The van der Waals surface area contributed by atoms with Crippen molar-refractivity contribution in [3.8, 4) is 0 Å². The highest BCUT2D eigenvalue weighted by Gasteiger charge is 2.32. The van der Waals surface area contributed by atoms with Crippen LogP contribution in [0.25, 0.3) is 4.85 Å². The minimum atomic E-state index is -4.21. The van der Waals surface area contributed by atoms with E-state index in [4.69, 9.17) is 11.1 Å². The number of oxazole rings is 1. The number of hydrogen-bond acceptors (Lipinski definition) is 6. The van der Waals surface area contributed by atoms with Crippen LogP contribution >= 0.6 is 0 Å². The van der Waals surface area contributed by atoms with E-state index in [1.165, 1.54) is 13.8 Å². The van der Waals surface area contributed by atoms with Gasteiger partial charge in [0, 0.05) is 0 Å². The second-order valence-corrected chi connectivity index (χ2v) is 5.73. The van der Waals surface area contributed by atoms with Crippen molar-refractivity contribution in [2.75, 3.05) is 0 Å². The van der Waals surface area contributed by atoms with Gasteiger partial charge in [-0.1, -0.05) is 12.1 Å². The van der Waals surface area contributed by atoms with E-state index < -0.39 is 15.8 Å². The van der Waals surface area contributed by atoms with Gasteiger partial charge in [-0.3, -0.25) is 0 Å². The Morgan fingerprint density at radius 1 is 1.40 bits per heavy atom. The SMILES string of the molecule is [C-]#[N+]c1oc(=O)n(S(=O)(=O)c2c(C)noc2C)c1CC. The molecule has 0 radical (unpaired) electrons. The van der Waals surface area contributed by atoms with Crippen molar-refractivity contribution >= 4 is 15.9 Å². The van der Waals surface area contributed by atoms with E-state index >= 15 is 0 Å². The summed E-state index contributed by atoms with van der Waals surface area (Å²) < 4.78 is 35.1. The van der Waals surface area contributed by atoms with E-state index in [2.05, 4.69) is 14.4 Å². The van der Waals surface area contributed by atoms with Crippen LogP contribution in [0.4, 0.5) is 5.88 Å². The normalized spacial score (nSPS) is 11.5. The molecule has 0 unspecified atom stereocenters. The lowest BCUT2D eigenvalue weighted by Gasteiger charge is -2.06. The van der Waals surface area contributed by atoms with Crippen LogP contribution in [0.3, 0.4) is 0 Å². The third-order valence-corrected chi connectivity index (χ3v) is 4.69. The summed E-state index contributed by atoms with van der Waals surface area (Å²) >= 11 is 0. The molecule has 0 saturated heterocycles. The fraction of sp³-hybridized carbons (Fsp3) is 0.364. The molecular formula is C11H11N3O5S. The highest BCUT2D eigenvalue weighted by molar-refractivity contribution is 7.90. The molecule has 0 aromatic carbocycles. The first-order valence-corrected chi connectivity index (χ1v) is 7.09. The van der Waals surface area contributed by atoms with E-state index in [-0.39, 0.29) is 34.3 Å². The van der Waals surface area contributed by atoms with Crippen LogP contribution in [0.1, 0.15) is 24.1 Å². The number of hydrogen-bond donors (Lipinski definition) is 0. The van der Waals surface area contributed by atoms with Crippen LogP contribution in [-0.2, 0) is 16.4 Å². The van der Waals surface area contributed by atoms with Crippen molar-refractivity contribution in [2.24, 2.45) is 0 Å². The zero-order chi connectivity index (χ0) is 15.1. The number of nitrogens with zero attached hydrogens (tertiary/aromatic N) is 3. The molecule has 0 amide bonds. The molecule has 8 nitrogen and oxygen atoms in total. The molecule has 106 valence electrons. The molecule has 0 aliphatic rings. The second-order valence-electron chi connectivity index (χ2n) is 4.01. The zero-order valence-electron chi connectivity index (χ0n) is 11.0. The predicted molar refractivity (Wildman–Crippen MR) is 67.2 cm³/mol. The molecule has 9 heteroatoms. The molecule has 2 heterocycles. The third-order valence-electron chi connectivity index (χ3n) is 2.74. The number of rotatable bonds is 3. The number of aryl methyl sites for hydroxylation is 2. The molecule has 0 atom stereocenters. The quantitative estimate of drug-likeness (QED) is 0.794. The molecule has 0 saturated carbocycles. The van der Waals surface area contributed by atoms with Crippen molar-refractivity contribution in [3.63, 3.8) is 0 Å². The first-order chi connectivity index (χ1) is 9.34. The Morgan fingerprint density at radius 2 is 2.05 bits per heavy atom. The Kier molecular flexibility index (Phi) is 3.27. The van der Waals surface area contributed by atoms with Crippen molar-refractivity contribution in [1.29, 1.82) is 0 Å². The van der Waals surface area contributed by atoms with Gasteiger partial charge >= 0.3 is 11.6 Å². The predicted octanol–water partition coefficient (Wildman–Crippen LogP) is 1.40. The van der Waals surface area contributed by atoms with Gasteiger partial charge in [0.2, 0.25) is 0 Å². The fourth-order valence-electron chi connectivity index (χ4n) is 1.94. The Labute approximate surface area is 114 Å². The summed E-state index contributed by atoms with van der Waals surface area (Å²) in [6, 6.07) is 0. The van der Waals surface area contributed by atoms with E-state index in [1.54, 1.807) is 6.92 Å². The lowest BCUT2D eigenvalue weighted by Crippen LogP contribution is -2.26. The van der Waals surface area contributed by atoms with Gasteiger partial charge in [-0.25, -0.2) is 13.2 Å². The van der Waals surface area contributed by atoms with Crippen LogP contribution in [0.15, 0.2) is 18.6 Å². The molecule has 0 bridgehead atoms. The van der Waals surface area contributed by atoms with Crippen LogP contribution in [0.2, 0.25) is 0 Å². The van der Waals surface area contributed by atoms with E-state index in [0.29, 0.717) is 3.97 Å². The summed E-state index contributed by atoms with van der Waals surface area (Å²) in [5, 5.41) is 3.56. The maximum absolute atomic E-state index is 12.6. The Hall–Kier alpha value is -2.34. The highest BCUT2D eigenvalue weighted by Crippen LogP contribution is 2.26. The molecule has 0 fully saturated rings.